The molecular formula is C12H13N3O4. The summed E-state index contributed by atoms with van der Waals surface area (Å²) in [6.45, 7) is 1.18. The SMILES string of the molecule is CC(=O)c1c[nH]c(=O)nc1N(CO)Cc1ccco1. The molecule has 0 saturated heterocycles. The highest BCUT2D eigenvalue weighted by Crippen LogP contribution is 2.18. The summed E-state index contributed by atoms with van der Waals surface area (Å²) in [5, 5.41) is 9.40. The lowest BCUT2D eigenvalue weighted by atomic mass is 10.2. The van der Waals surface area contributed by atoms with Crippen LogP contribution in [0, 0.1) is 0 Å². The van der Waals surface area contributed by atoms with Gasteiger partial charge in [0, 0.05) is 6.20 Å². The van der Waals surface area contributed by atoms with Crippen LogP contribution in [0.4, 0.5) is 5.82 Å². The highest BCUT2D eigenvalue weighted by molar-refractivity contribution is 5.98. The molecule has 0 aliphatic rings. The number of ketones is 1. The Bertz CT molecular complexity index is 618. The van der Waals surface area contributed by atoms with Gasteiger partial charge in [-0.05, 0) is 19.1 Å². The van der Waals surface area contributed by atoms with Crippen molar-refractivity contribution in [3.8, 4) is 0 Å². The minimum absolute atomic E-state index is 0.134. The van der Waals surface area contributed by atoms with Crippen LogP contribution in [0.1, 0.15) is 23.0 Å². The third-order valence-electron chi connectivity index (χ3n) is 2.56. The highest BCUT2D eigenvalue weighted by atomic mass is 16.3. The number of H-pyrrole nitrogens is 1. The van der Waals surface area contributed by atoms with Gasteiger partial charge in [0.15, 0.2) is 5.78 Å². The Balaban J connectivity index is 2.39. The summed E-state index contributed by atoms with van der Waals surface area (Å²) >= 11 is 0. The third kappa shape index (κ3) is 2.89. The van der Waals surface area contributed by atoms with Gasteiger partial charge in [0.2, 0.25) is 0 Å². The zero-order valence-electron chi connectivity index (χ0n) is 10.3. The van der Waals surface area contributed by atoms with Gasteiger partial charge in [-0.2, -0.15) is 4.98 Å². The Morgan fingerprint density at radius 2 is 2.37 bits per heavy atom. The Morgan fingerprint density at radius 1 is 1.58 bits per heavy atom. The summed E-state index contributed by atoms with van der Waals surface area (Å²) in [6, 6.07) is 3.44. The van der Waals surface area contributed by atoms with Gasteiger partial charge < -0.3 is 19.4 Å². The van der Waals surface area contributed by atoms with Crippen molar-refractivity contribution in [3.05, 3.63) is 46.4 Å². The number of hydrogen-bond donors (Lipinski definition) is 2. The molecule has 2 aromatic rings. The molecule has 0 aliphatic heterocycles. The van der Waals surface area contributed by atoms with Gasteiger partial charge >= 0.3 is 5.69 Å². The summed E-state index contributed by atoms with van der Waals surface area (Å²) < 4.78 is 5.17. The first kappa shape index (κ1) is 13.0. The lowest BCUT2D eigenvalue weighted by Gasteiger charge is -2.21. The van der Waals surface area contributed by atoms with Crippen LogP contribution in [0.5, 0.6) is 0 Å². The van der Waals surface area contributed by atoms with E-state index in [2.05, 4.69) is 9.97 Å². The Morgan fingerprint density at radius 3 is 2.95 bits per heavy atom. The average Bonchev–Trinajstić information content (AvgIpc) is 2.88. The van der Waals surface area contributed by atoms with Crippen LogP contribution in [0.15, 0.2) is 33.8 Å². The lowest BCUT2D eigenvalue weighted by molar-refractivity contribution is 0.101. The zero-order valence-corrected chi connectivity index (χ0v) is 10.3. The number of anilines is 1. The minimum Gasteiger partial charge on any atom is -0.467 e. The minimum atomic E-state index is -0.585. The fourth-order valence-corrected chi connectivity index (χ4v) is 1.67. The molecule has 0 bridgehead atoms. The standard InChI is InChI=1S/C12H13N3O4/c1-8(17)10-5-13-12(18)14-11(10)15(7-16)6-9-3-2-4-19-9/h2-5,16H,6-7H2,1H3,(H,13,14,18). The first-order valence-corrected chi connectivity index (χ1v) is 5.60. The number of nitrogens with zero attached hydrogens (tertiary/aromatic N) is 2. The monoisotopic (exact) mass is 263 g/mol. The first-order chi connectivity index (χ1) is 9.11. The van der Waals surface area contributed by atoms with Gasteiger partial charge in [0.05, 0.1) is 18.4 Å². The number of carbonyl (C=O) groups is 1. The van der Waals surface area contributed by atoms with Crippen molar-refractivity contribution in [1.29, 1.82) is 0 Å². The molecule has 0 aromatic carbocycles. The summed E-state index contributed by atoms with van der Waals surface area (Å²) in [7, 11) is 0. The van der Waals surface area contributed by atoms with E-state index in [9.17, 15) is 14.7 Å². The van der Waals surface area contributed by atoms with Gasteiger partial charge in [0.25, 0.3) is 0 Å². The maximum Gasteiger partial charge on any atom is 0.346 e. The van der Waals surface area contributed by atoms with Crippen molar-refractivity contribution < 1.29 is 14.3 Å². The quantitative estimate of drug-likeness (QED) is 0.602. The molecule has 0 saturated carbocycles. The maximum atomic E-state index is 11.5. The van der Waals surface area contributed by atoms with Gasteiger partial charge in [-0.1, -0.05) is 0 Å². The molecule has 0 fully saturated rings. The van der Waals surface area contributed by atoms with E-state index in [1.54, 1.807) is 12.1 Å². The summed E-state index contributed by atoms with van der Waals surface area (Å²) in [4.78, 5) is 30.2. The van der Waals surface area contributed by atoms with Crippen molar-refractivity contribution in [2.75, 3.05) is 11.6 Å². The molecule has 7 heteroatoms. The number of aromatic amines is 1. The molecule has 100 valence electrons. The number of nitrogens with one attached hydrogen (secondary N) is 1. The fourth-order valence-electron chi connectivity index (χ4n) is 1.67. The van der Waals surface area contributed by atoms with Gasteiger partial charge in [-0.25, -0.2) is 4.79 Å². The third-order valence-corrected chi connectivity index (χ3v) is 2.56. The molecule has 0 spiro atoms. The van der Waals surface area contributed by atoms with Gasteiger partial charge in [-0.3, -0.25) is 4.79 Å². The second-order valence-corrected chi connectivity index (χ2v) is 3.92. The van der Waals surface area contributed by atoms with Gasteiger partial charge in [0.1, 0.15) is 18.3 Å². The molecule has 0 aliphatic carbocycles. The number of furan rings is 1. The van der Waals surface area contributed by atoms with Crippen LogP contribution >= 0.6 is 0 Å². The van der Waals surface area contributed by atoms with Crippen molar-refractivity contribution in [2.45, 2.75) is 13.5 Å². The summed E-state index contributed by atoms with van der Waals surface area (Å²) in [5.74, 6) is 0.470. The molecule has 2 aromatic heterocycles. The predicted octanol–water partition coefficient (Wildman–Crippen LogP) is 0.522. The van der Waals surface area contributed by atoms with E-state index < -0.39 is 12.4 Å². The second-order valence-electron chi connectivity index (χ2n) is 3.92. The van der Waals surface area contributed by atoms with E-state index in [0.717, 1.165) is 0 Å². The van der Waals surface area contributed by atoms with E-state index in [1.807, 2.05) is 0 Å². The Labute approximate surface area is 108 Å². The number of hydrogen-bond acceptors (Lipinski definition) is 6. The summed E-state index contributed by atoms with van der Waals surface area (Å²) in [5.41, 5.74) is -0.349. The smallest absolute Gasteiger partial charge is 0.346 e. The number of aliphatic hydroxyl groups is 1. The average molecular weight is 263 g/mol. The molecule has 2 heterocycles. The molecule has 0 amide bonds. The molecular weight excluding hydrogens is 250 g/mol. The number of carbonyl (C=O) groups excluding carboxylic acids is 1. The van der Waals surface area contributed by atoms with E-state index in [-0.39, 0.29) is 23.7 Å². The van der Waals surface area contributed by atoms with Crippen molar-refractivity contribution in [2.24, 2.45) is 0 Å². The Hall–Kier alpha value is -2.41. The van der Waals surface area contributed by atoms with E-state index in [1.165, 1.54) is 24.3 Å². The number of rotatable bonds is 5. The van der Waals surface area contributed by atoms with Crippen LogP contribution in [0.25, 0.3) is 0 Å². The van der Waals surface area contributed by atoms with Crippen LogP contribution < -0.4 is 10.6 Å². The van der Waals surface area contributed by atoms with Crippen molar-refractivity contribution in [1.82, 2.24) is 9.97 Å². The second kappa shape index (κ2) is 5.49. The van der Waals surface area contributed by atoms with E-state index >= 15 is 0 Å². The number of aliphatic hydroxyl groups excluding tert-OH is 1. The highest BCUT2D eigenvalue weighted by Gasteiger charge is 2.17. The fraction of sp³-hybridized carbons (Fsp3) is 0.250. The Kier molecular flexibility index (Phi) is 3.76. The maximum absolute atomic E-state index is 11.5. The molecule has 19 heavy (non-hydrogen) atoms. The summed E-state index contributed by atoms with van der Waals surface area (Å²) in [6.07, 6.45) is 2.79. The number of aromatic nitrogens is 2. The topological polar surface area (TPSA) is 99.4 Å². The first-order valence-electron chi connectivity index (χ1n) is 5.60. The van der Waals surface area contributed by atoms with Crippen molar-refractivity contribution >= 4 is 11.6 Å². The van der Waals surface area contributed by atoms with Crippen LogP contribution in [-0.4, -0.2) is 27.6 Å². The molecule has 0 atom stereocenters. The number of Topliss-reactive ketones (excluding diaryl/α,β-unsaturated/α-hetero) is 1. The van der Waals surface area contributed by atoms with Crippen molar-refractivity contribution in [3.63, 3.8) is 0 Å². The van der Waals surface area contributed by atoms with Gasteiger partial charge in [-0.15, -0.1) is 0 Å². The van der Waals surface area contributed by atoms with Crippen LogP contribution in [0.3, 0.4) is 0 Å². The van der Waals surface area contributed by atoms with Crippen LogP contribution in [0.2, 0.25) is 0 Å². The van der Waals surface area contributed by atoms with E-state index in [4.69, 9.17) is 4.42 Å². The molecule has 0 radical (unpaired) electrons. The normalized spacial score (nSPS) is 10.4. The molecule has 2 rings (SSSR count). The van der Waals surface area contributed by atoms with E-state index in [0.29, 0.717) is 5.76 Å². The largest absolute Gasteiger partial charge is 0.467 e. The lowest BCUT2D eigenvalue weighted by Crippen LogP contribution is -2.29. The predicted molar refractivity (Wildman–Crippen MR) is 66.8 cm³/mol. The van der Waals surface area contributed by atoms with Crippen LogP contribution in [-0.2, 0) is 6.54 Å². The zero-order chi connectivity index (χ0) is 13.8. The molecule has 2 N–H and O–H groups in total. The molecule has 0 unspecified atom stereocenters. The molecule has 7 nitrogen and oxygen atoms in total.